The number of nitrogens with zero attached hydrogens (tertiary/aromatic N) is 5. The number of halogens is 1. The number of aliphatic hydroxyl groups is 2. The van der Waals surface area contributed by atoms with Gasteiger partial charge in [-0.15, -0.1) is 10.2 Å². The number of carboxylic acid groups (broad SMARTS) is 1. The molecule has 1 saturated heterocycles. The van der Waals surface area contributed by atoms with Crippen molar-refractivity contribution in [2.45, 2.75) is 49.7 Å². The van der Waals surface area contributed by atoms with Crippen molar-refractivity contribution in [2.24, 2.45) is 13.0 Å². The van der Waals surface area contributed by atoms with Gasteiger partial charge in [0.2, 0.25) is 18.2 Å². The number of rotatable bonds is 11. The van der Waals surface area contributed by atoms with E-state index in [0.717, 1.165) is 60.2 Å². The Hall–Kier alpha value is -3.33. The minimum absolute atomic E-state index is 0.0324. The fraction of sp³-hybridized carbons (Fsp3) is 0.500. The SMILES string of the molecule is Cc1ccc([C@]23C[C@H]2CN(CCCSc2nnc(-c4ocnc4C)n2C)C3)c(F)c1.O=CO[C@H](O)[C@@H](O)C(=O)O. The first-order valence-electron chi connectivity index (χ1n) is 12.7. The van der Waals surface area contributed by atoms with Crippen molar-refractivity contribution in [3.63, 3.8) is 0 Å². The number of aliphatic hydroxyl groups excluding tert-OH is 2. The molecule has 216 valence electrons. The number of carboxylic acids is 1. The van der Waals surface area contributed by atoms with Gasteiger partial charge in [-0.1, -0.05) is 23.9 Å². The monoisotopic (exact) mass is 577 g/mol. The van der Waals surface area contributed by atoms with Gasteiger partial charge in [0, 0.05) is 31.3 Å². The maximum Gasteiger partial charge on any atom is 0.339 e. The molecule has 2 aromatic heterocycles. The molecule has 0 bridgehead atoms. The minimum Gasteiger partial charge on any atom is -0.479 e. The average molecular weight is 578 g/mol. The number of ether oxygens (including phenoxy) is 1. The zero-order chi connectivity index (χ0) is 29.0. The van der Waals surface area contributed by atoms with Crippen LogP contribution in [-0.2, 0) is 26.8 Å². The number of likely N-dealkylation sites (tertiary alicyclic amines) is 1. The van der Waals surface area contributed by atoms with Gasteiger partial charge in [0.25, 0.3) is 6.47 Å². The number of hydrogen-bond acceptors (Lipinski definition) is 11. The van der Waals surface area contributed by atoms with E-state index < -0.39 is 18.4 Å². The molecule has 1 aliphatic carbocycles. The molecule has 3 N–H and O–H groups in total. The Labute approximate surface area is 234 Å². The second-order valence-electron chi connectivity index (χ2n) is 10.0. The highest BCUT2D eigenvalue weighted by atomic mass is 32.2. The number of carbonyl (C=O) groups is 2. The van der Waals surface area contributed by atoms with Crippen LogP contribution < -0.4 is 0 Å². The second kappa shape index (κ2) is 12.5. The maximum absolute atomic E-state index is 14.5. The van der Waals surface area contributed by atoms with E-state index in [1.54, 1.807) is 17.8 Å². The van der Waals surface area contributed by atoms with E-state index >= 15 is 0 Å². The van der Waals surface area contributed by atoms with Crippen LogP contribution >= 0.6 is 11.8 Å². The lowest BCUT2D eigenvalue weighted by Gasteiger charge is -2.21. The molecular formula is C26H32FN5O7S. The summed E-state index contributed by atoms with van der Waals surface area (Å²) in [5.74, 6) is 1.25. The van der Waals surface area contributed by atoms with Crippen LogP contribution in [0, 0.1) is 25.6 Å². The fourth-order valence-corrected chi connectivity index (χ4v) is 5.89. The Morgan fingerprint density at radius 2 is 2.12 bits per heavy atom. The molecule has 5 rings (SSSR count). The van der Waals surface area contributed by atoms with Crippen molar-refractivity contribution < 1.29 is 38.5 Å². The Bertz CT molecular complexity index is 1350. The zero-order valence-corrected chi connectivity index (χ0v) is 23.2. The van der Waals surface area contributed by atoms with Gasteiger partial charge >= 0.3 is 5.97 Å². The Morgan fingerprint density at radius 3 is 2.77 bits per heavy atom. The largest absolute Gasteiger partial charge is 0.479 e. The topological polar surface area (TPSA) is 164 Å². The van der Waals surface area contributed by atoms with Gasteiger partial charge in [-0.3, -0.25) is 4.79 Å². The lowest BCUT2D eigenvalue weighted by atomic mass is 9.93. The van der Waals surface area contributed by atoms with Crippen LogP contribution in [-0.4, -0.2) is 90.2 Å². The van der Waals surface area contributed by atoms with E-state index in [0.29, 0.717) is 17.5 Å². The third-order valence-corrected chi connectivity index (χ3v) is 8.34. The third kappa shape index (κ3) is 6.35. The maximum atomic E-state index is 14.5. The summed E-state index contributed by atoms with van der Waals surface area (Å²) in [5, 5.41) is 34.2. The number of thioether (sulfide) groups is 1. The molecule has 3 heterocycles. The molecular weight excluding hydrogens is 545 g/mol. The Morgan fingerprint density at radius 1 is 1.35 bits per heavy atom. The lowest BCUT2D eigenvalue weighted by molar-refractivity contribution is -0.185. The van der Waals surface area contributed by atoms with Crippen LogP contribution in [0.25, 0.3) is 11.6 Å². The molecule has 0 amide bonds. The van der Waals surface area contributed by atoms with Crippen LogP contribution in [0.3, 0.4) is 0 Å². The summed E-state index contributed by atoms with van der Waals surface area (Å²) in [6.07, 6.45) is -0.476. The molecule has 4 atom stereocenters. The number of aliphatic carboxylic acids is 1. The summed E-state index contributed by atoms with van der Waals surface area (Å²) >= 11 is 1.71. The van der Waals surface area contributed by atoms with Crippen LogP contribution in [0.15, 0.2) is 34.2 Å². The molecule has 0 radical (unpaired) electrons. The van der Waals surface area contributed by atoms with Gasteiger partial charge in [0.15, 0.2) is 17.3 Å². The van der Waals surface area contributed by atoms with Gasteiger partial charge < -0.3 is 33.9 Å². The molecule has 0 unspecified atom stereocenters. The highest BCUT2D eigenvalue weighted by Gasteiger charge is 2.61. The first-order valence-corrected chi connectivity index (χ1v) is 13.7. The summed E-state index contributed by atoms with van der Waals surface area (Å²) in [5.41, 5.74) is 2.78. The van der Waals surface area contributed by atoms with Crippen molar-refractivity contribution in [3.8, 4) is 11.6 Å². The number of aromatic nitrogens is 4. The molecule has 12 nitrogen and oxygen atoms in total. The highest BCUT2D eigenvalue weighted by Crippen LogP contribution is 2.59. The Kier molecular flexibility index (Phi) is 9.23. The molecule has 1 aliphatic heterocycles. The summed E-state index contributed by atoms with van der Waals surface area (Å²) < 4.78 is 25.6. The number of hydrogen-bond donors (Lipinski definition) is 3. The quantitative estimate of drug-likeness (QED) is 0.131. The van der Waals surface area contributed by atoms with Crippen molar-refractivity contribution in [3.05, 3.63) is 47.2 Å². The van der Waals surface area contributed by atoms with Gasteiger partial charge in [-0.2, -0.15) is 0 Å². The van der Waals surface area contributed by atoms with Gasteiger partial charge in [0.1, 0.15) is 5.82 Å². The predicted octanol–water partition coefficient (Wildman–Crippen LogP) is 1.91. The fourth-order valence-electron chi connectivity index (χ4n) is 5.06. The van der Waals surface area contributed by atoms with E-state index in [1.807, 2.05) is 37.6 Å². The van der Waals surface area contributed by atoms with Crippen molar-refractivity contribution in [1.29, 1.82) is 0 Å². The van der Waals surface area contributed by atoms with Crippen LogP contribution in [0.1, 0.15) is 29.7 Å². The third-order valence-electron chi connectivity index (χ3n) is 7.23. The second-order valence-corrected chi connectivity index (χ2v) is 11.1. The Balaban J connectivity index is 0.000000318. The number of benzene rings is 1. The molecule has 1 saturated carbocycles. The van der Waals surface area contributed by atoms with Crippen LogP contribution in [0.2, 0.25) is 0 Å². The summed E-state index contributed by atoms with van der Waals surface area (Å²) in [7, 11) is 1.95. The average Bonchev–Trinajstić information content (AvgIpc) is 3.18. The summed E-state index contributed by atoms with van der Waals surface area (Å²) in [4.78, 5) is 25.9. The molecule has 2 aliphatic rings. The first kappa shape index (κ1) is 29.6. The number of aryl methyl sites for hydroxylation is 2. The molecule has 2 fully saturated rings. The molecule has 40 heavy (non-hydrogen) atoms. The minimum atomic E-state index is -2.09. The number of oxazole rings is 1. The van der Waals surface area contributed by atoms with Crippen molar-refractivity contribution >= 4 is 24.2 Å². The molecule has 0 spiro atoms. The standard InChI is InChI=1S/C22H26FN5OS.C4H6O6/c1-14-5-6-17(18(23)9-14)22-10-16(22)11-28(12-22)7-4-8-30-21-26-25-20(27(21)3)19-15(2)24-13-29-19;5-1-10-4(9)2(6)3(7)8/h5-6,9,13,16H,4,7-8,10-12H2,1-3H3;1-2,4,6,9H,(H,7,8)/t16-,22-;2-,4-/m00/s1. The van der Waals surface area contributed by atoms with Gasteiger partial charge in [0.05, 0.1) is 5.69 Å². The van der Waals surface area contributed by atoms with Gasteiger partial charge in [-0.25, -0.2) is 14.2 Å². The van der Waals surface area contributed by atoms with Crippen molar-refractivity contribution in [1.82, 2.24) is 24.6 Å². The zero-order valence-electron chi connectivity index (χ0n) is 22.4. The van der Waals surface area contributed by atoms with Crippen molar-refractivity contribution in [2.75, 3.05) is 25.4 Å². The smallest absolute Gasteiger partial charge is 0.339 e. The first-order chi connectivity index (χ1) is 19.1. The van der Waals surface area contributed by atoms with Crippen LogP contribution in [0.4, 0.5) is 4.39 Å². The normalized spacial score (nSPS) is 21.2. The van der Waals surface area contributed by atoms with E-state index in [2.05, 4.69) is 24.8 Å². The van der Waals surface area contributed by atoms with E-state index in [1.165, 1.54) is 6.39 Å². The van der Waals surface area contributed by atoms with E-state index in [9.17, 15) is 14.0 Å². The number of carbonyl (C=O) groups excluding carboxylic acids is 1. The van der Waals surface area contributed by atoms with Gasteiger partial charge in [-0.05, 0) is 56.3 Å². The summed E-state index contributed by atoms with van der Waals surface area (Å²) in [6, 6.07) is 5.72. The highest BCUT2D eigenvalue weighted by molar-refractivity contribution is 7.99. The number of piperidine rings is 1. The van der Waals surface area contributed by atoms with E-state index in [4.69, 9.17) is 19.7 Å². The summed E-state index contributed by atoms with van der Waals surface area (Å²) in [6.45, 7) is 6.77. The van der Waals surface area contributed by atoms with E-state index in [-0.39, 0.29) is 17.7 Å². The molecule has 1 aromatic carbocycles. The lowest BCUT2D eigenvalue weighted by Crippen LogP contribution is -2.35. The molecule has 14 heteroatoms. The number of fused-ring (bicyclic) bond motifs is 1. The predicted molar refractivity (Wildman–Crippen MR) is 141 cm³/mol. The molecule has 3 aromatic rings. The van der Waals surface area contributed by atoms with Crippen LogP contribution in [0.5, 0.6) is 0 Å².